The average Bonchev–Trinajstić information content (AvgIpc) is 2.70. The molecule has 3 N–H and O–H groups in total. The molecule has 1 aliphatic rings. The van der Waals surface area contributed by atoms with Crippen molar-refractivity contribution in [3.8, 4) is 0 Å². The van der Waals surface area contributed by atoms with Gasteiger partial charge in [0.05, 0.1) is 0 Å². The Morgan fingerprint density at radius 1 is 1.58 bits per heavy atom. The van der Waals surface area contributed by atoms with Gasteiger partial charge in [-0.1, -0.05) is 0 Å². The lowest BCUT2D eigenvalue weighted by Crippen LogP contribution is -2.28. The number of hydrogen-bond acceptors (Lipinski definition) is 3. The summed E-state index contributed by atoms with van der Waals surface area (Å²) in [5.74, 6) is -0.959. The molecule has 5 nitrogen and oxygen atoms in total. The summed E-state index contributed by atoms with van der Waals surface area (Å²) in [5.41, 5.74) is 9.17. The summed E-state index contributed by atoms with van der Waals surface area (Å²) in [4.78, 5) is 15.1. The van der Waals surface area contributed by atoms with Gasteiger partial charge < -0.3 is 15.4 Å². The van der Waals surface area contributed by atoms with Gasteiger partial charge in [0, 0.05) is 35.6 Å². The van der Waals surface area contributed by atoms with E-state index < -0.39 is 5.97 Å². The second-order valence-electron chi connectivity index (χ2n) is 4.83. The normalized spacial score (nSPS) is 18.9. The molecule has 2 heterocycles. The van der Waals surface area contributed by atoms with Gasteiger partial charge >= 0.3 is 5.97 Å². The van der Waals surface area contributed by atoms with Gasteiger partial charge in [-0.3, -0.25) is 0 Å². The summed E-state index contributed by atoms with van der Waals surface area (Å²) >= 11 is 0. The first-order valence-electron chi connectivity index (χ1n) is 6.30. The van der Waals surface area contributed by atoms with Crippen molar-refractivity contribution < 1.29 is 9.90 Å². The molecule has 2 aromatic rings. The Labute approximate surface area is 110 Å². The molecular formula is C14H15N3O2. The minimum atomic E-state index is -0.959. The van der Waals surface area contributed by atoms with Crippen LogP contribution in [0.5, 0.6) is 0 Å². The van der Waals surface area contributed by atoms with E-state index in [2.05, 4.69) is 4.98 Å². The first kappa shape index (κ1) is 11.9. The van der Waals surface area contributed by atoms with Crippen LogP contribution in [0, 0.1) is 0 Å². The first-order valence-corrected chi connectivity index (χ1v) is 6.30. The number of nitrogens with zero attached hydrogens (tertiary/aromatic N) is 2. The number of carboxylic acid groups (broad SMARTS) is 1. The molecule has 0 amide bonds. The highest BCUT2D eigenvalue weighted by Crippen LogP contribution is 2.30. The zero-order valence-electron chi connectivity index (χ0n) is 10.4. The Bertz CT molecular complexity index is 673. The smallest absolute Gasteiger partial charge is 0.329 e. The molecule has 0 bridgehead atoms. The van der Waals surface area contributed by atoms with Gasteiger partial charge in [0.25, 0.3) is 0 Å². The van der Waals surface area contributed by atoms with Crippen LogP contribution in [0.2, 0.25) is 0 Å². The fourth-order valence-corrected chi connectivity index (χ4v) is 2.74. The van der Waals surface area contributed by atoms with Crippen LogP contribution >= 0.6 is 0 Å². The van der Waals surface area contributed by atoms with E-state index in [1.54, 1.807) is 12.4 Å². The van der Waals surface area contributed by atoms with E-state index in [1.165, 1.54) is 5.56 Å². The van der Waals surface area contributed by atoms with Crippen LogP contribution in [0.25, 0.3) is 17.2 Å². The van der Waals surface area contributed by atoms with Crippen LogP contribution in [-0.2, 0) is 17.6 Å². The Hall–Kier alpha value is -2.14. The third-order valence-electron chi connectivity index (χ3n) is 3.56. The van der Waals surface area contributed by atoms with Gasteiger partial charge in [-0.05, 0) is 37.0 Å². The predicted octanol–water partition coefficient (Wildman–Crippen LogP) is 1.41. The summed E-state index contributed by atoms with van der Waals surface area (Å²) in [7, 11) is 0. The molecule has 0 saturated heterocycles. The highest BCUT2D eigenvalue weighted by molar-refractivity contribution is 5.88. The molecule has 98 valence electrons. The first-order chi connectivity index (χ1) is 9.16. The van der Waals surface area contributed by atoms with E-state index in [1.807, 2.05) is 16.7 Å². The molecule has 0 saturated carbocycles. The molecule has 0 spiro atoms. The van der Waals surface area contributed by atoms with E-state index in [9.17, 15) is 4.79 Å². The van der Waals surface area contributed by atoms with Gasteiger partial charge in [0.15, 0.2) is 0 Å². The number of aliphatic carboxylic acids is 1. The Balaban J connectivity index is 2.23. The molecule has 0 aromatic carbocycles. The van der Waals surface area contributed by atoms with E-state index in [-0.39, 0.29) is 6.04 Å². The van der Waals surface area contributed by atoms with Gasteiger partial charge in [-0.25, -0.2) is 9.78 Å². The van der Waals surface area contributed by atoms with Crippen LogP contribution in [0.15, 0.2) is 24.4 Å². The van der Waals surface area contributed by atoms with Crippen molar-refractivity contribution in [2.75, 3.05) is 0 Å². The summed E-state index contributed by atoms with van der Waals surface area (Å²) in [5, 5.41) is 9.86. The Kier molecular flexibility index (Phi) is 2.83. The van der Waals surface area contributed by atoms with Crippen LogP contribution in [0.4, 0.5) is 0 Å². The molecule has 3 rings (SSSR count). The maximum atomic E-state index is 10.7. The predicted molar refractivity (Wildman–Crippen MR) is 72.7 cm³/mol. The maximum Gasteiger partial charge on any atom is 0.329 e. The lowest BCUT2D eigenvalue weighted by Gasteiger charge is -2.19. The standard InChI is InChI=1S/C14H15N3O2/c15-9-3-4-12-11(8-9)10-2-1-6-16-14(10)17(12)7-5-13(18)19/h1-2,5-7,9H,3-4,8,15H2,(H,18,19). The molecule has 0 aliphatic heterocycles. The molecule has 2 aromatic heterocycles. The summed E-state index contributed by atoms with van der Waals surface area (Å²) in [6.07, 6.45) is 7.04. The van der Waals surface area contributed by atoms with Crippen molar-refractivity contribution >= 4 is 23.2 Å². The van der Waals surface area contributed by atoms with Crippen LogP contribution in [0.3, 0.4) is 0 Å². The third-order valence-corrected chi connectivity index (χ3v) is 3.56. The molecule has 0 fully saturated rings. The van der Waals surface area contributed by atoms with Gasteiger partial charge in [-0.15, -0.1) is 0 Å². The number of carbonyl (C=O) groups is 1. The molecule has 19 heavy (non-hydrogen) atoms. The summed E-state index contributed by atoms with van der Waals surface area (Å²) in [6.45, 7) is 0. The van der Waals surface area contributed by atoms with E-state index in [4.69, 9.17) is 10.8 Å². The topological polar surface area (TPSA) is 81.1 Å². The van der Waals surface area contributed by atoms with E-state index in [0.717, 1.165) is 42.1 Å². The van der Waals surface area contributed by atoms with Crippen molar-refractivity contribution in [2.24, 2.45) is 5.73 Å². The van der Waals surface area contributed by atoms with Crippen molar-refractivity contribution in [1.82, 2.24) is 9.55 Å². The zero-order valence-corrected chi connectivity index (χ0v) is 10.4. The second kappa shape index (κ2) is 4.51. The SMILES string of the molecule is NC1CCc2c(c3cccnc3n2C=CC(=O)O)C1. The van der Waals surface area contributed by atoms with Crippen LogP contribution in [-0.4, -0.2) is 26.7 Å². The average molecular weight is 257 g/mol. The lowest BCUT2D eigenvalue weighted by molar-refractivity contribution is -0.131. The monoisotopic (exact) mass is 257 g/mol. The number of nitrogens with two attached hydrogens (primary N) is 1. The maximum absolute atomic E-state index is 10.7. The number of rotatable bonds is 2. The Morgan fingerprint density at radius 2 is 2.42 bits per heavy atom. The minimum absolute atomic E-state index is 0.176. The van der Waals surface area contributed by atoms with Crippen molar-refractivity contribution in [2.45, 2.75) is 25.3 Å². The number of hydrogen-bond donors (Lipinski definition) is 2. The fourth-order valence-electron chi connectivity index (χ4n) is 2.74. The van der Waals surface area contributed by atoms with E-state index in [0.29, 0.717) is 0 Å². The molecule has 1 unspecified atom stereocenters. The quantitative estimate of drug-likeness (QED) is 0.797. The molecule has 1 aliphatic carbocycles. The van der Waals surface area contributed by atoms with Crippen molar-refractivity contribution in [3.63, 3.8) is 0 Å². The largest absolute Gasteiger partial charge is 0.478 e. The molecule has 1 atom stereocenters. The summed E-state index contributed by atoms with van der Waals surface area (Å²) in [6, 6.07) is 4.09. The lowest BCUT2D eigenvalue weighted by atomic mass is 9.92. The van der Waals surface area contributed by atoms with Crippen molar-refractivity contribution in [3.05, 3.63) is 35.7 Å². The van der Waals surface area contributed by atoms with E-state index >= 15 is 0 Å². The summed E-state index contributed by atoms with van der Waals surface area (Å²) < 4.78 is 1.88. The number of aromatic nitrogens is 2. The zero-order chi connectivity index (χ0) is 13.4. The second-order valence-corrected chi connectivity index (χ2v) is 4.83. The Morgan fingerprint density at radius 3 is 3.21 bits per heavy atom. The third kappa shape index (κ3) is 2.02. The fraction of sp³-hybridized carbons (Fsp3) is 0.286. The van der Waals surface area contributed by atoms with Crippen LogP contribution < -0.4 is 5.73 Å². The minimum Gasteiger partial charge on any atom is -0.478 e. The van der Waals surface area contributed by atoms with Gasteiger partial charge in [0.2, 0.25) is 0 Å². The van der Waals surface area contributed by atoms with Crippen LogP contribution in [0.1, 0.15) is 17.7 Å². The highest BCUT2D eigenvalue weighted by Gasteiger charge is 2.23. The number of carboxylic acids is 1. The highest BCUT2D eigenvalue weighted by atomic mass is 16.4. The number of fused-ring (bicyclic) bond motifs is 3. The molecule has 0 radical (unpaired) electrons. The van der Waals surface area contributed by atoms with Gasteiger partial charge in [0.1, 0.15) is 5.65 Å². The molecule has 5 heteroatoms. The number of pyridine rings is 1. The van der Waals surface area contributed by atoms with Gasteiger partial charge in [-0.2, -0.15) is 0 Å². The van der Waals surface area contributed by atoms with Crippen molar-refractivity contribution in [1.29, 1.82) is 0 Å². The molecular weight excluding hydrogens is 242 g/mol.